The van der Waals surface area contributed by atoms with Crippen LogP contribution in [0.25, 0.3) is 10.9 Å². The monoisotopic (exact) mass is 436 g/mol. The summed E-state index contributed by atoms with van der Waals surface area (Å²) in [6, 6.07) is 23.5. The fourth-order valence-corrected chi connectivity index (χ4v) is 4.14. The van der Waals surface area contributed by atoms with Crippen LogP contribution in [0.5, 0.6) is 0 Å². The Morgan fingerprint density at radius 1 is 0.933 bits per heavy atom. The number of carbonyl (C=O) groups excluding carboxylic acids is 1. The third-order valence-corrected chi connectivity index (χ3v) is 6.15. The van der Waals surface area contributed by atoms with Crippen LogP contribution >= 0.6 is 23.2 Å². The first kappa shape index (κ1) is 20.5. The molecule has 0 radical (unpaired) electrons. The number of amides is 1. The van der Waals surface area contributed by atoms with Crippen molar-refractivity contribution in [3.63, 3.8) is 0 Å². The normalized spacial score (nSPS) is 13.2. The zero-order valence-corrected chi connectivity index (χ0v) is 18.0. The Morgan fingerprint density at radius 2 is 1.67 bits per heavy atom. The number of aromatic amines is 1. The second kappa shape index (κ2) is 8.95. The summed E-state index contributed by atoms with van der Waals surface area (Å²) in [4.78, 5) is 16.3. The Kier molecular flexibility index (Phi) is 6.12. The van der Waals surface area contributed by atoms with Crippen molar-refractivity contribution in [2.75, 3.05) is 0 Å². The van der Waals surface area contributed by atoms with Gasteiger partial charge in [-0.2, -0.15) is 0 Å². The summed E-state index contributed by atoms with van der Waals surface area (Å²) in [7, 11) is 0. The van der Waals surface area contributed by atoms with Gasteiger partial charge in [-0.25, -0.2) is 0 Å². The van der Waals surface area contributed by atoms with Crippen LogP contribution in [0.3, 0.4) is 0 Å². The van der Waals surface area contributed by atoms with Crippen LogP contribution in [0, 0.1) is 0 Å². The van der Waals surface area contributed by atoms with E-state index in [1.165, 1.54) is 0 Å². The van der Waals surface area contributed by atoms with E-state index in [-0.39, 0.29) is 17.9 Å². The van der Waals surface area contributed by atoms with Crippen LogP contribution in [0.1, 0.15) is 42.0 Å². The van der Waals surface area contributed by atoms with Crippen LogP contribution in [-0.4, -0.2) is 10.9 Å². The van der Waals surface area contributed by atoms with E-state index in [2.05, 4.69) is 16.4 Å². The molecule has 4 rings (SSSR count). The number of fused-ring (bicyclic) bond motifs is 1. The number of halogens is 2. The van der Waals surface area contributed by atoms with Gasteiger partial charge in [0.1, 0.15) is 0 Å². The minimum Gasteiger partial charge on any atom is -0.361 e. The molecule has 1 amide bonds. The second-order valence-electron chi connectivity index (χ2n) is 7.42. The molecule has 3 aromatic carbocycles. The van der Waals surface area contributed by atoms with Crippen LogP contribution in [-0.2, 0) is 4.79 Å². The molecule has 3 nitrogen and oxygen atoms in total. The number of para-hydroxylation sites is 1. The van der Waals surface area contributed by atoms with Gasteiger partial charge in [0.25, 0.3) is 0 Å². The molecule has 0 aliphatic rings. The number of H-pyrrole nitrogens is 1. The number of hydrogen-bond donors (Lipinski definition) is 2. The third kappa shape index (κ3) is 4.38. The quantitative estimate of drug-likeness (QED) is 0.340. The van der Waals surface area contributed by atoms with Crippen LogP contribution in [0.4, 0.5) is 0 Å². The maximum absolute atomic E-state index is 13.0. The van der Waals surface area contributed by atoms with Gasteiger partial charge >= 0.3 is 0 Å². The van der Waals surface area contributed by atoms with Gasteiger partial charge in [0.15, 0.2) is 0 Å². The van der Waals surface area contributed by atoms with E-state index in [4.69, 9.17) is 23.2 Å². The van der Waals surface area contributed by atoms with Crippen molar-refractivity contribution in [2.24, 2.45) is 0 Å². The zero-order chi connectivity index (χ0) is 21.1. The van der Waals surface area contributed by atoms with Crippen LogP contribution < -0.4 is 5.32 Å². The molecule has 152 valence electrons. The number of carbonyl (C=O) groups is 1. The molecule has 0 saturated heterocycles. The van der Waals surface area contributed by atoms with Crippen molar-refractivity contribution in [1.29, 1.82) is 0 Å². The van der Waals surface area contributed by atoms with Gasteiger partial charge in [0, 0.05) is 29.4 Å². The lowest BCUT2D eigenvalue weighted by atomic mass is 9.88. The van der Waals surface area contributed by atoms with Crippen molar-refractivity contribution in [3.8, 4) is 0 Å². The molecule has 2 atom stereocenters. The van der Waals surface area contributed by atoms with Gasteiger partial charge < -0.3 is 10.3 Å². The van der Waals surface area contributed by atoms with E-state index in [1.54, 1.807) is 6.07 Å². The summed E-state index contributed by atoms with van der Waals surface area (Å²) in [5, 5.41) is 5.20. The summed E-state index contributed by atoms with van der Waals surface area (Å²) in [5.74, 6) is -0.174. The largest absolute Gasteiger partial charge is 0.361 e. The minimum atomic E-state index is -0.154. The van der Waals surface area contributed by atoms with Crippen molar-refractivity contribution in [2.45, 2.75) is 25.3 Å². The number of benzene rings is 3. The maximum atomic E-state index is 13.0. The summed E-state index contributed by atoms with van der Waals surface area (Å²) in [6.07, 6.45) is 2.28. The lowest BCUT2D eigenvalue weighted by Gasteiger charge is -2.20. The Balaban J connectivity index is 1.65. The summed E-state index contributed by atoms with van der Waals surface area (Å²) < 4.78 is 0. The highest BCUT2D eigenvalue weighted by Crippen LogP contribution is 2.36. The first-order chi connectivity index (χ1) is 14.5. The summed E-state index contributed by atoms with van der Waals surface area (Å²) in [5.41, 5.74) is 4.13. The average Bonchev–Trinajstić information content (AvgIpc) is 3.18. The summed E-state index contributed by atoms with van der Waals surface area (Å²) in [6.45, 7) is 1.99. The zero-order valence-electron chi connectivity index (χ0n) is 16.5. The molecule has 0 bridgehead atoms. The molecule has 2 N–H and O–H groups in total. The molecule has 5 heteroatoms. The van der Waals surface area contributed by atoms with E-state index in [9.17, 15) is 4.79 Å². The Bertz CT molecular complexity index is 1170. The fourth-order valence-electron chi connectivity index (χ4n) is 3.83. The Labute approximate surface area is 186 Å². The first-order valence-corrected chi connectivity index (χ1v) is 10.6. The number of rotatable bonds is 6. The minimum absolute atomic E-state index is 0.0206. The van der Waals surface area contributed by atoms with Gasteiger partial charge in [-0.05, 0) is 41.8 Å². The molecule has 1 aromatic heterocycles. The fraction of sp³-hybridized carbons (Fsp3) is 0.160. The molecule has 0 fully saturated rings. The van der Waals surface area contributed by atoms with Crippen LogP contribution in [0.2, 0.25) is 10.0 Å². The smallest absolute Gasteiger partial charge is 0.221 e. The molecule has 4 aromatic rings. The molecule has 0 aliphatic heterocycles. The second-order valence-corrected chi connectivity index (χ2v) is 8.23. The van der Waals surface area contributed by atoms with Gasteiger partial charge in [-0.15, -0.1) is 0 Å². The van der Waals surface area contributed by atoms with Gasteiger partial charge in [0.05, 0.1) is 16.1 Å². The first-order valence-electron chi connectivity index (χ1n) is 9.88. The van der Waals surface area contributed by atoms with Gasteiger partial charge in [0.2, 0.25) is 5.91 Å². The van der Waals surface area contributed by atoms with E-state index < -0.39 is 0 Å². The van der Waals surface area contributed by atoms with E-state index >= 15 is 0 Å². The van der Waals surface area contributed by atoms with Crippen molar-refractivity contribution < 1.29 is 4.79 Å². The van der Waals surface area contributed by atoms with Crippen molar-refractivity contribution in [1.82, 2.24) is 10.3 Å². The third-order valence-electron chi connectivity index (χ3n) is 5.41. The molecule has 0 spiro atoms. The highest BCUT2D eigenvalue weighted by atomic mass is 35.5. The van der Waals surface area contributed by atoms with Crippen LogP contribution in [0.15, 0.2) is 79.0 Å². The number of hydrogen-bond acceptors (Lipinski definition) is 1. The lowest BCUT2D eigenvalue weighted by molar-refractivity contribution is -0.121. The molecule has 1 heterocycles. The van der Waals surface area contributed by atoms with E-state index in [1.807, 2.05) is 73.8 Å². The van der Waals surface area contributed by atoms with Crippen molar-refractivity contribution in [3.05, 3.63) is 106 Å². The highest BCUT2D eigenvalue weighted by Gasteiger charge is 2.23. The average molecular weight is 437 g/mol. The Morgan fingerprint density at radius 3 is 2.43 bits per heavy atom. The topological polar surface area (TPSA) is 44.9 Å². The molecule has 30 heavy (non-hydrogen) atoms. The SMILES string of the molecule is C[C@@H](NC(=O)C[C@@H](c1ccc(Cl)c(Cl)c1)c1c[nH]c2ccccc12)c1ccccc1. The van der Waals surface area contributed by atoms with Gasteiger partial charge in [-0.1, -0.05) is 77.8 Å². The van der Waals surface area contributed by atoms with Gasteiger partial charge in [-0.3, -0.25) is 4.79 Å². The predicted octanol–water partition coefficient (Wildman–Crippen LogP) is 6.87. The molecular formula is C25H22Cl2N2O. The number of nitrogens with one attached hydrogen (secondary N) is 2. The molecule has 0 saturated carbocycles. The molecule has 0 unspecified atom stereocenters. The Hall–Kier alpha value is -2.75. The number of aromatic nitrogens is 1. The lowest BCUT2D eigenvalue weighted by Crippen LogP contribution is -2.28. The van der Waals surface area contributed by atoms with E-state index in [0.717, 1.165) is 27.6 Å². The van der Waals surface area contributed by atoms with E-state index in [0.29, 0.717) is 16.5 Å². The highest BCUT2D eigenvalue weighted by molar-refractivity contribution is 6.42. The standard InChI is InChI=1S/C25H22Cl2N2O/c1-16(17-7-3-2-4-8-17)29-25(30)14-20(18-11-12-22(26)23(27)13-18)21-15-28-24-10-6-5-9-19(21)24/h2-13,15-16,20,28H,14H2,1H3,(H,29,30)/t16-,20+/m1/s1. The maximum Gasteiger partial charge on any atom is 0.221 e. The summed E-state index contributed by atoms with van der Waals surface area (Å²) >= 11 is 12.4. The molecule has 0 aliphatic carbocycles. The molecular weight excluding hydrogens is 415 g/mol. The predicted molar refractivity (Wildman–Crippen MR) is 124 cm³/mol. The van der Waals surface area contributed by atoms with Crippen molar-refractivity contribution >= 4 is 40.0 Å².